The molecular weight excluding hydrogens is 317 g/mol. The fourth-order valence-electron chi connectivity index (χ4n) is 1.23. The second-order valence-electron chi connectivity index (χ2n) is 3.12. The molecule has 0 radical (unpaired) electrons. The summed E-state index contributed by atoms with van der Waals surface area (Å²) in [4.78, 5) is 11.1. The number of hydrogen-bond acceptors (Lipinski definition) is 3. The fraction of sp³-hybridized carbons (Fsp3) is 0.100. The molecule has 0 amide bonds. The molecule has 84 valence electrons. The zero-order valence-electron chi connectivity index (χ0n) is 7.89. The van der Waals surface area contributed by atoms with Crippen molar-refractivity contribution >= 4 is 50.8 Å². The smallest absolute Gasteiger partial charge is 0.347 e. The maximum atomic E-state index is 11.1. The molecule has 0 unspecified atom stereocenters. The molecule has 2 rings (SSSR count). The van der Waals surface area contributed by atoms with Crippen LogP contribution in [-0.4, -0.2) is 12.6 Å². The van der Waals surface area contributed by atoms with Gasteiger partial charge in [0.05, 0.1) is 15.7 Å². The number of carbonyl (C=O) groups is 1. The number of rotatable bonds is 2. The van der Waals surface area contributed by atoms with Crippen LogP contribution in [0.15, 0.2) is 28.4 Å². The summed E-state index contributed by atoms with van der Waals surface area (Å²) < 4.78 is 5.22. The molecule has 0 aromatic heterocycles. The Morgan fingerprint density at radius 2 is 2.06 bits per heavy atom. The van der Waals surface area contributed by atoms with Gasteiger partial charge in [-0.2, -0.15) is 0 Å². The van der Waals surface area contributed by atoms with Crippen LogP contribution in [0.2, 0.25) is 10.0 Å². The molecule has 1 aromatic rings. The van der Waals surface area contributed by atoms with Crippen LogP contribution in [0.5, 0.6) is 0 Å². The quantitative estimate of drug-likeness (QED) is 0.846. The van der Waals surface area contributed by atoms with Crippen LogP contribution >= 0.6 is 39.1 Å². The van der Waals surface area contributed by atoms with Crippen LogP contribution in [0, 0.1) is 0 Å². The highest BCUT2D eigenvalue weighted by Gasteiger charge is 2.22. The first-order valence-corrected chi connectivity index (χ1v) is 5.90. The summed E-state index contributed by atoms with van der Waals surface area (Å²) in [5.41, 5.74) is 1.42. The lowest BCUT2D eigenvalue weighted by molar-refractivity contribution is -0.135. The van der Waals surface area contributed by atoms with Crippen LogP contribution < -0.4 is 5.32 Å². The molecule has 0 saturated carbocycles. The molecule has 6 heteroatoms. The Balaban J connectivity index is 2.22. The number of anilines is 1. The predicted octanol–water partition coefficient (Wildman–Crippen LogP) is 3.57. The SMILES string of the molecule is O=C1OCC(Nc2ccc(Cl)c(Cl)c2)=C1Br. The summed E-state index contributed by atoms with van der Waals surface area (Å²) in [7, 11) is 0. The number of hydrogen-bond donors (Lipinski definition) is 1. The fourth-order valence-corrected chi connectivity index (χ4v) is 1.85. The van der Waals surface area contributed by atoms with Crippen molar-refractivity contribution in [3.05, 3.63) is 38.4 Å². The highest BCUT2D eigenvalue weighted by molar-refractivity contribution is 9.12. The summed E-state index contributed by atoms with van der Waals surface area (Å²) >= 11 is 14.8. The van der Waals surface area contributed by atoms with Gasteiger partial charge in [-0.3, -0.25) is 0 Å². The highest BCUT2D eigenvalue weighted by Crippen LogP contribution is 2.28. The zero-order chi connectivity index (χ0) is 11.7. The second-order valence-corrected chi connectivity index (χ2v) is 4.73. The van der Waals surface area contributed by atoms with Gasteiger partial charge in [0.2, 0.25) is 0 Å². The van der Waals surface area contributed by atoms with Gasteiger partial charge >= 0.3 is 5.97 Å². The van der Waals surface area contributed by atoms with Gasteiger partial charge in [-0.15, -0.1) is 0 Å². The standard InChI is InChI=1S/C10H6BrCl2NO2/c11-9-8(4-16-10(9)15)14-5-1-2-6(12)7(13)3-5/h1-3,14H,4H2. The third-order valence-electron chi connectivity index (χ3n) is 2.01. The number of benzene rings is 1. The summed E-state index contributed by atoms with van der Waals surface area (Å²) in [5.74, 6) is -0.373. The molecule has 0 spiro atoms. The van der Waals surface area contributed by atoms with Gasteiger partial charge in [-0.05, 0) is 34.1 Å². The van der Waals surface area contributed by atoms with Crippen molar-refractivity contribution in [2.24, 2.45) is 0 Å². The van der Waals surface area contributed by atoms with E-state index in [1.807, 2.05) is 0 Å². The van der Waals surface area contributed by atoms with Gasteiger partial charge < -0.3 is 10.1 Å². The molecule has 1 N–H and O–H groups in total. The zero-order valence-corrected chi connectivity index (χ0v) is 11.0. The minimum absolute atomic E-state index is 0.222. The monoisotopic (exact) mass is 321 g/mol. The molecule has 3 nitrogen and oxygen atoms in total. The Bertz CT molecular complexity index is 488. The van der Waals surface area contributed by atoms with Gasteiger partial charge in [-0.25, -0.2) is 4.79 Å². The number of cyclic esters (lactones) is 1. The van der Waals surface area contributed by atoms with Gasteiger partial charge in [0.15, 0.2) is 0 Å². The second kappa shape index (κ2) is 4.65. The minimum Gasteiger partial charge on any atom is -0.455 e. The molecule has 0 aliphatic carbocycles. The molecule has 1 aliphatic rings. The Hall–Kier alpha value is -0.710. The molecule has 16 heavy (non-hydrogen) atoms. The number of esters is 1. The highest BCUT2D eigenvalue weighted by atomic mass is 79.9. The van der Waals surface area contributed by atoms with Crippen molar-refractivity contribution in [2.75, 3.05) is 11.9 Å². The lowest BCUT2D eigenvalue weighted by Crippen LogP contribution is -2.01. The molecule has 0 atom stereocenters. The van der Waals surface area contributed by atoms with Crippen molar-refractivity contribution in [1.82, 2.24) is 0 Å². The lowest BCUT2D eigenvalue weighted by atomic mass is 10.3. The number of carbonyl (C=O) groups excluding carboxylic acids is 1. The van der Waals surface area contributed by atoms with E-state index in [9.17, 15) is 4.79 Å². The van der Waals surface area contributed by atoms with Crippen LogP contribution in [-0.2, 0) is 9.53 Å². The summed E-state index contributed by atoms with van der Waals surface area (Å²) in [5, 5.41) is 3.97. The largest absolute Gasteiger partial charge is 0.455 e. The Kier molecular flexibility index (Phi) is 3.42. The van der Waals surface area contributed by atoms with E-state index >= 15 is 0 Å². The number of ether oxygens (including phenoxy) is 1. The molecule has 0 saturated heterocycles. The first-order chi connectivity index (χ1) is 7.58. The van der Waals surface area contributed by atoms with Crippen LogP contribution in [0.25, 0.3) is 0 Å². The summed E-state index contributed by atoms with van der Waals surface area (Å²) in [6, 6.07) is 5.13. The van der Waals surface area contributed by atoms with E-state index in [0.717, 1.165) is 5.69 Å². The molecule has 0 bridgehead atoms. The van der Waals surface area contributed by atoms with Crippen molar-refractivity contribution in [3.8, 4) is 0 Å². The first kappa shape index (κ1) is 11.8. The maximum Gasteiger partial charge on any atom is 0.347 e. The van der Waals surface area contributed by atoms with Crippen molar-refractivity contribution in [1.29, 1.82) is 0 Å². The molecule has 1 heterocycles. The van der Waals surface area contributed by atoms with E-state index in [1.165, 1.54) is 0 Å². The van der Waals surface area contributed by atoms with E-state index in [1.54, 1.807) is 18.2 Å². The molecule has 0 fully saturated rings. The topological polar surface area (TPSA) is 38.3 Å². The Morgan fingerprint density at radius 3 is 2.62 bits per heavy atom. The van der Waals surface area contributed by atoms with Crippen LogP contribution in [0.4, 0.5) is 5.69 Å². The van der Waals surface area contributed by atoms with E-state index < -0.39 is 0 Å². The predicted molar refractivity (Wildman–Crippen MR) is 67.0 cm³/mol. The summed E-state index contributed by atoms with van der Waals surface area (Å²) in [6.07, 6.45) is 0. The van der Waals surface area contributed by atoms with Crippen molar-refractivity contribution in [2.45, 2.75) is 0 Å². The van der Waals surface area contributed by atoms with Gasteiger partial charge in [0.1, 0.15) is 11.1 Å². The molecule has 1 aromatic carbocycles. The van der Waals surface area contributed by atoms with Gasteiger partial charge in [0, 0.05) is 5.69 Å². The van der Waals surface area contributed by atoms with Gasteiger partial charge in [0.25, 0.3) is 0 Å². The third kappa shape index (κ3) is 2.34. The average molecular weight is 323 g/mol. The Labute approximate surface area is 110 Å². The third-order valence-corrected chi connectivity index (χ3v) is 3.55. The van der Waals surface area contributed by atoms with E-state index in [4.69, 9.17) is 27.9 Å². The maximum absolute atomic E-state index is 11.1. The van der Waals surface area contributed by atoms with Crippen LogP contribution in [0.3, 0.4) is 0 Å². The van der Waals surface area contributed by atoms with Gasteiger partial charge in [-0.1, -0.05) is 23.2 Å². The number of nitrogens with one attached hydrogen (secondary N) is 1. The molecule has 1 aliphatic heterocycles. The van der Waals surface area contributed by atoms with Crippen molar-refractivity contribution in [3.63, 3.8) is 0 Å². The van der Waals surface area contributed by atoms with E-state index in [0.29, 0.717) is 20.2 Å². The first-order valence-electron chi connectivity index (χ1n) is 4.36. The average Bonchev–Trinajstić information content (AvgIpc) is 2.55. The Morgan fingerprint density at radius 1 is 1.31 bits per heavy atom. The summed E-state index contributed by atoms with van der Waals surface area (Å²) in [6.45, 7) is 0.222. The normalized spacial score (nSPS) is 15.3. The number of halogens is 3. The lowest BCUT2D eigenvalue weighted by Gasteiger charge is -2.07. The van der Waals surface area contributed by atoms with E-state index in [-0.39, 0.29) is 12.6 Å². The van der Waals surface area contributed by atoms with E-state index in [2.05, 4.69) is 21.2 Å². The molecular formula is C10H6BrCl2NO2. The van der Waals surface area contributed by atoms with Crippen molar-refractivity contribution < 1.29 is 9.53 Å². The minimum atomic E-state index is -0.373. The van der Waals surface area contributed by atoms with Crippen LogP contribution in [0.1, 0.15) is 0 Å².